The van der Waals surface area contributed by atoms with Crippen LogP contribution in [0.15, 0.2) is 6.20 Å². The standard InChI is InChI=1S/C10H15N5O2/c11-8-7(5-13-14-8)10(17)15-3-1-6(2-4-15)9(12)16/h5-6H,1-4H2,(H2,12,16)(H3,11,13,14). The molecule has 0 aromatic carbocycles. The molecule has 1 aromatic rings. The highest BCUT2D eigenvalue weighted by Gasteiger charge is 2.27. The Morgan fingerprint density at radius 1 is 1.41 bits per heavy atom. The van der Waals surface area contributed by atoms with E-state index in [0.717, 1.165) is 0 Å². The monoisotopic (exact) mass is 237 g/mol. The quantitative estimate of drug-likeness (QED) is 0.632. The summed E-state index contributed by atoms with van der Waals surface area (Å²) in [4.78, 5) is 24.7. The second kappa shape index (κ2) is 4.44. The molecule has 0 bridgehead atoms. The molecule has 2 amide bonds. The van der Waals surface area contributed by atoms with Crippen LogP contribution in [0.2, 0.25) is 0 Å². The van der Waals surface area contributed by atoms with E-state index < -0.39 is 0 Å². The van der Waals surface area contributed by atoms with Crippen molar-refractivity contribution in [1.82, 2.24) is 15.1 Å². The first-order valence-corrected chi connectivity index (χ1v) is 5.47. The van der Waals surface area contributed by atoms with Crippen molar-refractivity contribution >= 4 is 17.6 Å². The molecule has 1 aliphatic rings. The molecule has 2 rings (SSSR count). The first kappa shape index (κ1) is 11.4. The highest BCUT2D eigenvalue weighted by Crippen LogP contribution is 2.19. The van der Waals surface area contributed by atoms with Crippen molar-refractivity contribution in [1.29, 1.82) is 0 Å². The Labute approximate surface area is 98.1 Å². The third-order valence-electron chi connectivity index (χ3n) is 3.08. The first-order chi connectivity index (χ1) is 8.09. The van der Waals surface area contributed by atoms with E-state index in [-0.39, 0.29) is 23.6 Å². The van der Waals surface area contributed by atoms with Crippen LogP contribution in [0.4, 0.5) is 5.82 Å². The fourth-order valence-corrected chi connectivity index (χ4v) is 2.00. The third-order valence-corrected chi connectivity index (χ3v) is 3.08. The average Bonchev–Trinajstić information content (AvgIpc) is 2.74. The topological polar surface area (TPSA) is 118 Å². The van der Waals surface area contributed by atoms with E-state index in [1.54, 1.807) is 4.90 Å². The molecule has 5 N–H and O–H groups in total. The van der Waals surface area contributed by atoms with Gasteiger partial charge in [-0.1, -0.05) is 0 Å². The van der Waals surface area contributed by atoms with E-state index in [0.29, 0.717) is 31.5 Å². The molecule has 2 heterocycles. The SMILES string of the molecule is NC(=O)C1CCN(C(=O)c2cn[nH]c2N)CC1. The predicted molar refractivity (Wildman–Crippen MR) is 60.8 cm³/mol. The number of carbonyl (C=O) groups excluding carboxylic acids is 2. The number of H-pyrrole nitrogens is 1. The molecule has 1 aliphatic heterocycles. The van der Waals surface area contributed by atoms with Crippen LogP contribution in [0.1, 0.15) is 23.2 Å². The van der Waals surface area contributed by atoms with Gasteiger partial charge in [0.1, 0.15) is 11.4 Å². The van der Waals surface area contributed by atoms with Crippen molar-refractivity contribution in [3.8, 4) is 0 Å². The molecule has 1 aromatic heterocycles. The molecule has 7 nitrogen and oxygen atoms in total. The Kier molecular flexibility index (Phi) is 2.99. The first-order valence-electron chi connectivity index (χ1n) is 5.47. The summed E-state index contributed by atoms with van der Waals surface area (Å²) in [5.41, 5.74) is 11.2. The van der Waals surface area contributed by atoms with Crippen LogP contribution >= 0.6 is 0 Å². The lowest BCUT2D eigenvalue weighted by Crippen LogP contribution is -2.41. The van der Waals surface area contributed by atoms with Gasteiger partial charge in [-0.2, -0.15) is 5.10 Å². The number of aromatic amines is 1. The van der Waals surface area contributed by atoms with Crippen LogP contribution in [0.3, 0.4) is 0 Å². The van der Waals surface area contributed by atoms with Crippen molar-refractivity contribution < 1.29 is 9.59 Å². The van der Waals surface area contributed by atoms with Crippen LogP contribution in [0.5, 0.6) is 0 Å². The van der Waals surface area contributed by atoms with E-state index in [1.165, 1.54) is 6.20 Å². The second-order valence-electron chi connectivity index (χ2n) is 4.17. The molecule has 0 radical (unpaired) electrons. The summed E-state index contributed by atoms with van der Waals surface area (Å²) in [5.74, 6) is -0.299. The van der Waals surface area contributed by atoms with Gasteiger partial charge >= 0.3 is 0 Å². The molecule has 17 heavy (non-hydrogen) atoms. The molecular formula is C10H15N5O2. The Bertz CT molecular complexity index is 434. The van der Waals surface area contributed by atoms with Gasteiger partial charge in [0.15, 0.2) is 0 Å². The smallest absolute Gasteiger partial charge is 0.259 e. The normalized spacial score (nSPS) is 17.1. The van der Waals surface area contributed by atoms with Crippen molar-refractivity contribution in [3.05, 3.63) is 11.8 Å². The molecule has 0 aliphatic carbocycles. The fourth-order valence-electron chi connectivity index (χ4n) is 2.00. The van der Waals surface area contributed by atoms with E-state index in [4.69, 9.17) is 11.5 Å². The number of likely N-dealkylation sites (tertiary alicyclic amines) is 1. The van der Waals surface area contributed by atoms with Gasteiger partial charge in [-0.15, -0.1) is 0 Å². The molecule has 0 unspecified atom stereocenters. The van der Waals surface area contributed by atoms with Crippen LogP contribution in [-0.4, -0.2) is 40.0 Å². The molecule has 1 fully saturated rings. The third kappa shape index (κ3) is 2.22. The predicted octanol–water partition coefficient (Wildman–Crippen LogP) is -0.671. The number of aromatic nitrogens is 2. The number of nitrogens with two attached hydrogens (primary N) is 2. The lowest BCUT2D eigenvalue weighted by Gasteiger charge is -2.30. The van der Waals surface area contributed by atoms with E-state index in [2.05, 4.69) is 10.2 Å². The number of anilines is 1. The van der Waals surface area contributed by atoms with Gasteiger partial charge < -0.3 is 16.4 Å². The van der Waals surface area contributed by atoms with E-state index >= 15 is 0 Å². The van der Waals surface area contributed by atoms with E-state index in [1.807, 2.05) is 0 Å². The summed E-state index contributed by atoms with van der Waals surface area (Å²) in [6.45, 7) is 1.05. The number of hydrogen-bond donors (Lipinski definition) is 3. The Balaban J connectivity index is 2.00. The molecular weight excluding hydrogens is 222 g/mol. The fraction of sp³-hybridized carbons (Fsp3) is 0.500. The zero-order valence-electron chi connectivity index (χ0n) is 9.35. The van der Waals surface area contributed by atoms with Gasteiger partial charge in [0, 0.05) is 19.0 Å². The number of rotatable bonds is 2. The Hall–Kier alpha value is -2.05. The number of primary amides is 1. The minimum Gasteiger partial charge on any atom is -0.383 e. The molecule has 0 atom stereocenters. The number of nitrogens with one attached hydrogen (secondary N) is 1. The van der Waals surface area contributed by atoms with Crippen LogP contribution < -0.4 is 11.5 Å². The van der Waals surface area contributed by atoms with Gasteiger partial charge in [-0.25, -0.2) is 0 Å². The zero-order valence-corrected chi connectivity index (χ0v) is 9.35. The summed E-state index contributed by atoms with van der Waals surface area (Å²) in [7, 11) is 0. The zero-order chi connectivity index (χ0) is 12.4. The number of carbonyl (C=O) groups is 2. The highest BCUT2D eigenvalue weighted by atomic mass is 16.2. The van der Waals surface area contributed by atoms with Crippen LogP contribution in [-0.2, 0) is 4.79 Å². The minimum absolute atomic E-state index is 0.124. The van der Waals surface area contributed by atoms with Gasteiger partial charge in [-0.05, 0) is 12.8 Å². The number of amides is 2. The number of piperidine rings is 1. The summed E-state index contributed by atoms with van der Waals surface area (Å²) in [5, 5.41) is 6.23. The molecule has 0 spiro atoms. The summed E-state index contributed by atoms with van der Waals surface area (Å²) < 4.78 is 0. The Morgan fingerprint density at radius 3 is 2.53 bits per heavy atom. The van der Waals surface area contributed by atoms with Gasteiger partial charge in [0.25, 0.3) is 5.91 Å². The minimum atomic E-state index is -0.292. The van der Waals surface area contributed by atoms with Gasteiger partial charge in [-0.3, -0.25) is 14.7 Å². The largest absolute Gasteiger partial charge is 0.383 e. The van der Waals surface area contributed by atoms with Crippen molar-refractivity contribution in [2.24, 2.45) is 11.7 Å². The molecule has 92 valence electrons. The summed E-state index contributed by atoms with van der Waals surface area (Å²) in [6, 6.07) is 0. The average molecular weight is 237 g/mol. The maximum absolute atomic E-state index is 12.0. The lowest BCUT2D eigenvalue weighted by atomic mass is 9.96. The van der Waals surface area contributed by atoms with Crippen LogP contribution in [0.25, 0.3) is 0 Å². The summed E-state index contributed by atoms with van der Waals surface area (Å²) in [6.07, 6.45) is 2.63. The maximum atomic E-state index is 12.0. The van der Waals surface area contributed by atoms with Crippen molar-refractivity contribution in [3.63, 3.8) is 0 Å². The lowest BCUT2D eigenvalue weighted by molar-refractivity contribution is -0.123. The van der Waals surface area contributed by atoms with Gasteiger partial charge in [0.05, 0.1) is 6.20 Å². The maximum Gasteiger partial charge on any atom is 0.259 e. The van der Waals surface area contributed by atoms with Crippen LogP contribution in [0, 0.1) is 5.92 Å². The van der Waals surface area contributed by atoms with Crippen molar-refractivity contribution in [2.45, 2.75) is 12.8 Å². The number of nitrogens with zero attached hydrogens (tertiary/aromatic N) is 2. The van der Waals surface area contributed by atoms with Gasteiger partial charge in [0.2, 0.25) is 5.91 Å². The molecule has 7 heteroatoms. The Morgan fingerprint density at radius 2 is 2.06 bits per heavy atom. The molecule has 0 saturated carbocycles. The number of hydrogen-bond acceptors (Lipinski definition) is 4. The van der Waals surface area contributed by atoms with Crippen molar-refractivity contribution in [2.75, 3.05) is 18.8 Å². The number of nitrogen functional groups attached to an aromatic ring is 1. The summed E-state index contributed by atoms with van der Waals surface area (Å²) >= 11 is 0. The molecule has 1 saturated heterocycles. The second-order valence-corrected chi connectivity index (χ2v) is 4.17. The highest BCUT2D eigenvalue weighted by molar-refractivity contribution is 5.98. The van der Waals surface area contributed by atoms with E-state index in [9.17, 15) is 9.59 Å².